The molecule has 104 valence electrons. The molecule has 0 saturated heterocycles. The van der Waals surface area contributed by atoms with Crippen LogP contribution in [0.25, 0.3) is 0 Å². The van der Waals surface area contributed by atoms with Crippen LogP contribution in [0.2, 0.25) is 0 Å². The van der Waals surface area contributed by atoms with Gasteiger partial charge in [0.25, 0.3) is 0 Å². The zero-order chi connectivity index (χ0) is 13.7. The lowest BCUT2D eigenvalue weighted by Crippen LogP contribution is -2.31. The Hall–Kier alpha value is -1.36. The number of carboxylic acid groups (broad SMARTS) is 1. The Kier molecular flexibility index (Phi) is 4.96. The van der Waals surface area contributed by atoms with Crippen LogP contribution in [0.5, 0.6) is 0 Å². The molecule has 1 aromatic heterocycles. The second-order valence-corrected chi connectivity index (χ2v) is 5.89. The van der Waals surface area contributed by atoms with Crippen LogP contribution in [0.1, 0.15) is 48.5 Å². The Balaban J connectivity index is 1.77. The highest BCUT2D eigenvalue weighted by molar-refractivity contribution is 7.10. The highest BCUT2D eigenvalue weighted by atomic mass is 32.1. The molecule has 0 spiro atoms. The number of hydrogen-bond donors (Lipinski definition) is 2. The van der Waals surface area contributed by atoms with Gasteiger partial charge in [0.05, 0.1) is 5.92 Å². The summed E-state index contributed by atoms with van der Waals surface area (Å²) in [6.07, 6.45) is 4.60. The summed E-state index contributed by atoms with van der Waals surface area (Å²) in [5.41, 5.74) is 1.19. The zero-order valence-electron chi connectivity index (χ0n) is 10.9. The third-order valence-electron chi connectivity index (χ3n) is 3.49. The number of rotatable bonds is 6. The molecule has 2 rings (SSSR count). The normalized spacial score (nSPS) is 17.8. The van der Waals surface area contributed by atoms with Gasteiger partial charge in [0.2, 0.25) is 5.91 Å². The minimum Gasteiger partial charge on any atom is -0.481 e. The molecule has 2 N–H and O–H groups in total. The fourth-order valence-electron chi connectivity index (χ4n) is 2.49. The Morgan fingerprint density at radius 2 is 2.26 bits per heavy atom. The minimum absolute atomic E-state index is 0.00512. The molecule has 0 bridgehead atoms. The number of aliphatic carboxylic acids is 1. The van der Waals surface area contributed by atoms with E-state index in [2.05, 4.69) is 16.8 Å². The van der Waals surface area contributed by atoms with E-state index in [0.29, 0.717) is 13.0 Å². The number of amides is 1. The molecule has 5 heteroatoms. The maximum Gasteiger partial charge on any atom is 0.303 e. The lowest BCUT2D eigenvalue weighted by atomic mass is 9.87. The molecule has 0 fully saturated rings. The molecule has 1 unspecified atom stereocenters. The molecule has 0 radical (unpaired) electrons. The molecule has 1 aliphatic rings. The molecular weight excluding hydrogens is 262 g/mol. The van der Waals surface area contributed by atoms with Crippen molar-refractivity contribution in [2.24, 2.45) is 0 Å². The van der Waals surface area contributed by atoms with Gasteiger partial charge in [0, 0.05) is 17.8 Å². The molecule has 1 aromatic rings. The Labute approximate surface area is 116 Å². The quantitative estimate of drug-likeness (QED) is 0.787. The smallest absolute Gasteiger partial charge is 0.303 e. The number of hydrogen-bond acceptors (Lipinski definition) is 3. The molecule has 1 heterocycles. The average molecular weight is 281 g/mol. The average Bonchev–Trinajstić information content (AvgIpc) is 2.85. The molecule has 1 atom stereocenters. The summed E-state index contributed by atoms with van der Waals surface area (Å²) >= 11 is 1.74. The number of fused-ring (bicyclic) bond motifs is 1. The highest BCUT2D eigenvalue weighted by Gasteiger charge is 2.26. The predicted octanol–water partition coefficient (Wildman–Crippen LogP) is 2.54. The van der Waals surface area contributed by atoms with Crippen LogP contribution in [0.15, 0.2) is 11.4 Å². The summed E-state index contributed by atoms with van der Waals surface area (Å²) in [5, 5.41) is 13.5. The van der Waals surface area contributed by atoms with Crippen molar-refractivity contribution in [1.29, 1.82) is 0 Å². The SMILES string of the molecule is O=C(O)CCCCNC(=O)C1CCCc2sccc21. The van der Waals surface area contributed by atoms with Crippen molar-refractivity contribution in [2.75, 3.05) is 6.54 Å². The van der Waals surface area contributed by atoms with E-state index in [1.807, 2.05) is 0 Å². The van der Waals surface area contributed by atoms with E-state index in [9.17, 15) is 9.59 Å². The lowest BCUT2D eigenvalue weighted by Gasteiger charge is -2.21. The summed E-state index contributed by atoms with van der Waals surface area (Å²) in [7, 11) is 0. The lowest BCUT2D eigenvalue weighted by molar-refractivity contribution is -0.137. The third kappa shape index (κ3) is 3.80. The number of nitrogens with one attached hydrogen (secondary N) is 1. The van der Waals surface area contributed by atoms with Gasteiger partial charge >= 0.3 is 5.97 Å². The predicted molar refractivity (Wildman–Crippen MR) is 74.5 cm³/mol. The van der Waals surface area contributed by atoms with Gasteiger partial charge < -0.3 is 10.4 Å². The van der Waals surface area contributed by atoms with Crippen molar-refractivity contribution >= 4 is 23.2 Å². The van der Waals surface area contributed by atoms with E-state index >= 15 is 0 Å². The van der Waals surface area contributed by atoms with Crippen molar-refractivity contribution in [3.8, 4) is 0 Å². The second kappa shape index (κ2) is 6.70. The summed E-state index contributed by atoms with van der Waals surface area (Å²) in [6.45, 7) is 0.572. The first-order valence-electron chi connectivity index (χ1n) is 6.74. The van der Waals surface area contributed by atoms with Crippen LogP contribution in [0, 0.1) is 0 Å². The van der Waals surface area contributed by atoms with Gasteiger partial charge in [-0.3, -0.25) is 9.59 Å². The molecule has 4 nitrogen and oxygen atoms in total. The summed E-state index contributed by atoms with van der Waals surface area (Å²) in [4.78, 5) is 23.8. The van der Waals surface area contributed by atoms with E-state index in [1.54, 1.807) is 11.3 Å². The van der Waals surface area contributed by atoms with Crippen LogP contribution in [0.4, 0.5) is 0 Å². The fraction of sp³-hybridized carbons (Fsp3) is 0.571. The van der Waals surface area contributed by atoms with Crippen LogP contribution in [-0.4, -0.2) is 23.5 Å². The number of carboxylic acids is 1. The molecule has 1 aliphatic carbocycles. The Morgan fingerprint density at radius 1 is 1.42 bits per heavy atom. The number of thiophene rings is 1. The van der Waals surface area contributed by atoms with E-state index in [1.165, 1.54) is 10.4 Å². The minimum atomic E-state index is -0.776. The molecule has 19 heavy (non-hydrogen) atoms. The summed E-state index contributed by atoms with van der Waals surface area (Å²) < 4.78 is 0. The highest BCUT2D eigenvalue weighted by Crippen LogP contribution is 2.34. The Bertz CT molecular complexity index is 455. The monoisotopic (exact) mass is 281 g/mol. The number of aryl methyl sites for hydroxylation is 1. The zero-order valence-corrected chi connectivity index (χ0v) is 11.7. The molecule has 0 saturated carbocycles. The first-order valence-corrected chi connectivity index (χ1v) is 7.62. The standard InChI is InChI=1S/C14H19NO3S/c16-13(17)6-1-2-8-15-14(18)11-4-3-5-12-10(11)7-9-19-12/h7,9,11H,1-6,8H2,(H,15,18)(H,16,17). The van der Waals surface area contributed by atoms with Crippen molar-refractivity contribution in [1.82, 2.24) is 5.32 Å². The number of unbranched alkanes of at least 4 members (excludes halogenated alkanes) is 1. The van der Waals surface area contributed by atoms with Crippen molar-refractivity contribution in [3.63, 3.8) is 0 Å². The van der Waals surface area contributed by atoms with Gasteiger partial charge in [0.1, 0.15) is 0 Å². The summed E-state index contributed by atoms with van der Waals surface area (Å²) in [5.74, 6) is -0.689. The first-order chi connectivity index (χ1) is 9.18. The van der Waals surface area contributed by atoms with Gasteiger partial charge in [-0.2, -0.15) is 0 Å². The van der Waals surface area contributed by atoms with Crippen LogP contribution < -0.4 is 5.32 Å². The largest absolute Gasteiger partial charge is 0.481 e. The van der Waals surface area contributed by atoms with Crippen molar-refractivity contribution in [3.05, 3.63) is 21.9 Å². The van der Waals surface area contributed by atoms with E-state index in [0.717, 1.165) is 25.7 Å². The Morgan fingerprint density at radius 3 is 3.05 bits per heavy atom. The first kappa shape index (κ1) is 14.1. The van der Waals surface area contributed by atoms with Gasteiger partial charge in [-0.15, -0.1) is 11.3 Å². The van der Waals surface area contributed by atoms with E-state index < -0.39 is 5.97 Å². The second-order valence-electron chi connectivity index (χ2n) is 4.89. The van der Waals surface area contributed by atoms with Crippen LogP contribution in [-0.2, 0) is 16.0 Å². The topological polar surface area (TPSA) is 66.4 Å². The number of carbonyl (C=O) groups is 2. The molecular formula is C14H19NO3S. The van der Waals surface area contributed by atoms with E-state index in [4.69, 9.17) is 5.11 Å². The molecule has 1 amide bonds. The fourth-order valence-corrected chi connectivity index (χ4v) is 3.48. The van der Waals surface area contributed by atoms with Crippen LogP contribution in [0.3, 0.4) is 0 Å². The third-order valence-corrected chi connectivity index (χ3v) is 4.48. The van der Waals surface area contributed by atoms with Gasteiger partial charge in [-0.25, -0.2) is 0 Å². The van der Waals surface area contributed by atoms with Crippen LogP contribution >= 0.6 is 11.3 Å². The van der Waals surface area contributed by atoms with Gasteiger partial charge in [-0.05, 0) is 49.1 Å². The van der Waals surface area contributed by atoms with Crippen molar-refractivity contribution < 1.29 is 14.7 Å². The molecule has 0 aromatic carbocycles. The summed E-state index contributed by atoms with van der Waals surface area (Å²) in [6, 6.07) is 2.06. The maximum atomic E-state index is 12.1. The van der Waals surface area contributed by atoms with Crippen molar-refractivity contribution in [2.45, 2.75) is 44.4 Å². The van der Waals surface area contributed by atoms with Gasteiger partial charge in [0.15, 0.2) is 0 Å². The number of carbonyl (C=O) groups excluding carboxylic acids is 1. The molecule has 0 aliphatic heterocycles. The van der Waals surface area contributed by atoms with Gasteiger partial charge in [-0.1, -0.05) is 0 Å². The maximum absolute atomic E-state index is 12.1. The van der Waals surface area contributed by atoms with E-state index in [-0.39, 0.29) is 18.2 Å².